The van der Waals surface area contributed by atoms with Gasteiger partial charge in [0.2, 0.25) is 0 Å². The van der Waals surface area contributed by atoms with Crippen molar-refractivity contribution in [2.45, 2.75) is 25.8 Å². The molecule has 2 N–H and O–H groups in total. The van der Waals surface area contributed by atoms with Gasteiger partial charge in [0.05, 0.1) is 6.54 Å². The number of rotatable bonds is 2. The van der Waals surface area contributed by atoms with Gasteiger partial charge >= 0.3 is 0 Å². The van der Waals surface area contributed by atoms with Gasteiger partial charge in [0.25, 0.3) is 0 Å². The summed E-state index contributed by atoms with van der Waals surface area (Å²) < 4.78 is 2.03. The summed E-state index contributed by atoms with van der Waals surface area (Å²) in [5.41, 5.74) is 7.18. The van der Waals surface area contributed by atoms with Gasteiger partial charge in [0.1, 0.15) is 0 Å². The Morgan fingerprint density at radius 1 is 1.38 bits per heavy atom. The third-order valence-electron chi connectivity index (χ3n) is 3.00. The summed E-state index contributed by atoms with van der Waals surface area (Å²) in [6.07, 6.45) is 7.90. The molecule has 2 heterocycles. The van der Waals surface area contributed by atoms with E-state index in [-0.39, 0.29) is 0 Å². The second kappa shape index (κ2) is 5.05. The van der Waals surface area contributed by atoms with Crippen LogP contribution in [0.2, 0.25) is 0 Å². The fourth-order valence-corrected chi connectivity index (χ4v) is 2.05. The first-order valence-corrected chi connectivity index (χ1v) is 5.91. The van der Waals surface area contributed by atoms with Crippen molar-refractivity contribution in [2.24, 2.45) is 17.8 Å². The van der Waals surface area contributed by atoms with Crippen molar-refractivity contribution in [1.29, 1.82) is 0 Å². The topological polar surface area (TPSA) is 46.6 Å². The molecule has 0 saturated carbocycles. The van der Waals surface area contributed by atoms with Gasteiger partial charge < -0.3 is 15.2 Å². The smallest absolute Gasteiger partial charge is 0.191 e. The maximum Gasteiger partial charge on any atom is 0.191 e. The fourth-order valence-electron chi connectivity index (χ4n) is 2.05. The van der Waals surface area contributed by atoms with Crippen LogP contribution in [0.1, 0.15) is 24.8 Å². The van der Waals surface area contributed by atoms with Gasteiger partial charge in [-0.15, -0.1) is 0 Å². The number of hydrogen-bond acceptors (Lipinski definition) is 1. The number of likely N-dealkylation sites (tertiary alicyclic amines) is 1. The molecule has 1 aliphatic heterocycles. The molecule has 0 radical (unpaired) electrons. The number of aryl methyl sites for hydroxylation is 1. The van der Waals surface area contributed by atoms with Crippen LogP contribution in [0.25, 0.3) is 0 Å². The molecular formula is C12H20N4. The monoisotopic (exact) mass is 220 g/mol. The van der Waals surface area contributed by atoms with Gasteiger partial charge in [-0.2, -0.15) is 0 Å². The summed E-state index contributed by atoms with van der Waals surface area (Å²) in [5.74, 6) is 0.698. The summed E-state index contributed by atoms with van der Waals surface area (Å²) in [5, 5.41) is 0. The third-order valence-corrected chi connectivity index (χ3v) is 3.00. The van der Waals surface area contributed by atoms with Crippen molar-refractivity contribution >= 4 is 5.96 Å². The predicted octanol–water partition coefficient (Wildman–Crippen LogP) is 1.33. The van der Waals surface area contributed by atoms with Gasteiger partial charge in [-0.05, 0) is 30.9 Å². The van der Waals surface area contributed by atoms with Gasteiger partial charge in [-0.25, -0.2) is 4.99 Å². The quantitative estimate of drug-likeness (QED) is 0.603. The fraction of sp³-hybridized carbons (Fsp3) is 0.583. The van der Waals surface area contributed by atoms with Gasteiger partial charge in [0, 0.05) is 32.5 Å². The first-order chi connectivity index (χ1) is 7.75. The highest BCUT2D eigenvalue weighted by molar-refractivity contribution is 5.78. The normalized spacial score (nSPS) is 17.8. The summed E-state index contributed by atoms with van der Waals surface area (Å²) >= 11 is 0. The van der Waals surface area contributed by atoms with E-state index in [0.717, 1.165) is 13.1 Å². The second-order valence-electron chi connectivity index (χ2n) is 4.41. The Kier molecular flexibility index (Phi) is 3.49. The average molecular weight is 220 g/mol. The van der Waals surface area contributed by atoms with Crippen LogP contribution in [0.4, 0.5) is 0 Å². The molecule has 0 bridgehead atoms. The summed E-state index contributed by atoms with van der Waals surface area (Å²) in [7, 11) is 2.02. The molecule has 0 unspecified atom stereocenters. The van der Waals surface area contributed by atoms with Gasteiger partial charge in [0.15, 0.2) is 5.96 Å². The standard InChI is InChI=1S/C12H20N4/c1-15-8-5-11(10-15)9-14-12(13)16-6-3-2-4-7-16/h5,8,10H,2-4,6-7,9H2,1H3,(H2,13,14). The Morgan fingerprint density at radius 2 is 2.12 bits per heavy atom. The van der Waals surface area contributed by atoms with E-state index in [4.69, 9.17) is 5.73 Å². The molecule has 1 aromatic heterocycles. The van der Waals surface area contributed by atoms with Gasteiger partial charge in [-0.1, -0.05) is 0 Å². The van der Waals surface area contributed by atoms with Crippen LogP contribution in [0, 0.1) is 0 Å². The SMILES string of the molecule is Cn1ccc(CN=C(N)N2CCCCC2)c1. The molecule has 16 heavy (non-hydrogen) atoms. The number of aliphatic imine (C=N–C) groups is 1. The molecule has 1 aliphatic rings. The highest BCUT2D eigenvalue weighted by Gasteiger charge is 2.11. The summed E-state index contributed by atoms with van der Waals surface area (Å²) in [6.45, 7) is 2.80. The number of nitrogens with zero attached hydrogens (tertiary/aromatic N) is 3. The molecule has 2 rings (SSSR count). The first kappa shape index (κ1) is 11.0. The van der Waals surface area contributed by atoms with Crippen molar-refractivity contribution < 1.29 is 0 Å². The van der Waals surface area contributed by atoms with Crippen molar-refractivity contribution in [3.8, 4) is 0 Å². The Bertz CT molecular complexity index is 361. The zero-order chi connectivity index (χ0) is 11.4. The Hall–Kier alpha value is -1.45. The van der Waals surface area contributed by atoms with E-state index in [1.165, 1.54) is 24.8 Å². The van der Waals surface area contributed by atoms with Crippen LogP contribution < -0.4 is 5.73 Å². The zero-order valence-corrected chi connectivity index (χ0v) is 9.89. The van der Waals surface area contributed by atoms with Crippen molar-refractivity contribution in [1.82, 2.24) is 9.47 Å². The highest BCUT2D eigenvalue weighted by atomic mass is 15.2. The minimum atomic E-state index is 0.684. The van der Waals surface area contributed by atoms with E-state index in [1.807, 2.05) is 17.8 Å². The minimum absolute atomic E-state index is 0.684. The molecule has 0 atom stereocenters. The maximum atomic E-state index is 5.97. The number of hydrogen-bond donors (Lipinski definition) is 1. The van der Waals surface area contributed by atoms with E-state index >= 15 is 0 Å². The summed E-state index contributed by atoms with van der Waals surface area (Å²) in [6, 6.07) is 2.08. The van der Waals surface area contributed by atoms with Crippen LogP contribution in [0.5, 0.6) is 0 Å². The Labute approximate surface area is 96.8 Å². The van der Waals surface area contributed by atoms with E-state index in [2.05, 4.69) is 22.2 Å². The van der Waals surface area contributed by atoms with E-state index in [9.17, 15) is 0 Å². The lowest BCUT2D eigenvalue weighted by Crippen LogP contribution is -2.40. The molecule has 0 aliphatic carbocycles. The van der Waals surface area contributed by atoms with Crippen molar-refractivity contribution in [2.75, 3.05) is 13.1 Å². The van der Waals surface area contributed by atoms with Crippen LogP contribution in [0.3, 0.4) is 0 Å². The van der Waals surface area contributed by atoms with Crippen LogP contribution in [-0.2, 0) is 13.6 Å². The number of piperidine rings is 1. The molecule has 0 spiro atoms. The molecule has 0 aromatic carbocycles. The lowest BCUT2D eigenvalue weighted by Gasteiger charge is -2.27. The number of aromatic nitrogens is 1. The molecule has 1 saturated heterocycles. The van der Waals surface area contributed by atoms with Gasteiger partial charge in [-0.3, -0.25) is 0 Å². The molecule has 4 nitrogen and oxygen atoms in total. The van der Waals surface area contributed by atoms with Crippen LogP contribution >= 0.6 is 0 Å². The number of nitrogens with two attached hydrogens (primary N) is 1. The highest BCUT2D eigenvalue weighted by Crippen LogP contribution is 2.08. The zero-order valence-electron chi connectivity index (χ0n) is 9.89. The lowest BCUT2D eigenvalue weighted by molar-refractivity contribution is 0.338. The minimum Gasteiger partial charge on any atom is -0.370 e. The van der Waals surface area contributed by atoms with Crippen molar-refractivity contribution in [3.63, 3.8) is 0 Å². The lowest BCUT2D eigenvalue weighted by atomic mass is 10.1. The molecule has 1 aromatic rings. The second-order valence-corrected chi connectivity index (χ2v) is 4.41. The van der Waals surface area contributed by atoms with Crippen LogP contribution in [-0.4, -0.2) is 28.5 Å². The first-order valence-electron chi connectivity index (χ1n) is 5.91. The van der Waals surface area contributed by atoms with E-state index in [1.54, 1.807) is 0 Å². The third kappa shape index (κ3) is 2.78. The summed E-state index contributed by atoms with van der Waals surface area (Å²) in [4.78, 5) is 6.63. The molecule has 1 fully saturated rings. The van der Waals surface area contributed by atoms with Crippen molar-refractivity contribution in [3.05, 3.63) is 24.0 Å². The largest absolute Gasteiger partial charge is 0.370 e. The Morgan fingerprint density at radius 3 is 2.75 bits per heavy atom. The molecular weight excluding hydrogens is 200 g/mol. The van der Waals surface area contributed by atoms with Crippen LogP contribution in [0.15, 0.2) is 23.5 Å². The molecule has 88 valence electrons. The molecule has 0 amide bonds. The van der Waals surface area contributed by atoms with E-state index in [0.29, 0.717) is 12.5 Å². The maximum absolute atomic E-state index is 5.97. The average Bonchev–Trinajstić information content (AvgIpc) is 2.73. The number of guanidine groups is 1. The predicted molar refractivity (Wildman–Crippen MR) is 66.2 cm³/mol. The Balaban J connectivity index is 1.90. The molecule has 4 heteroatoms. The van der Waals surface area contributed by atoms with E-state index < -0.39 is 0 Å².